The number of methoxy groups -OCH3 is 1. The molecular weight excluding hydrogens is 327 g/mol. The fourth-order valence-electron chi connectivity index (χ4n) is 1.63. The molecule has 2 aromatic carbocycles. The lowest BCUT2D eigenvalue weighted by Gasteiger charge is -2.06. The first-order chi connectivity index (χ1) is 10.1. The second-order valence-electron chi connectivity index (χ2n) is 4.14. The Kier molecular flexibility index (Phi) is 5.79. The van der Waals surface area contributed by atoms with Gasteiger partial charge in [-0.25, -0.2) is 4.99 Å². The molecule has 0 atom stereocenters. The Balaban J connectivity index is 2.03. The molecule has 0 fully saturated rings. The molecule has 0 aliphatic heterocycles. The molecule has 0 aromatic heterocycles. The van der Waals surface area contributed by atoms with Gasteiger partial charge in [-0.2, -0.15) is 0 Å². The van der Waals surface area contributed by atoms with Crippen LogP contribution in [0.1, 0.15) is 5.56 Å². The summed E-state index contributed by atoms with van der Waals surface area (Å²) in [5.41, 5.74) is 7.55. The van der Waals surface area contributed by atoms with Crippen LogP contribution in [0, 0.1) is 0 Å². The number of ether oxygens (including phenoxy) is 1. The number of hydrogen-bond acceptors (Lipinski definition) is 3. The Bertz CT molecular complexity index is 624. The van der Waals surface area contributed by atoms with E-state index in [0.29, 0.717) is 21.0 Å². The molecule has 21 heavy (non-hydrogen) atoms. The third-order valence-corrected chi connectivity index (χ3v) is 4.27. The molecule has 0 bridgehead atoms. The van der Waals surface area contributed by atoms with E-state index >= 15 is 0 Å². The van der Waals surface area contributed by atoms with Crippen LogP contribution < -0.4 is 10.5 Å². The summed E-state index contributed by atoms with van der Waals surface area (Å²) < 4.78 is 5.09. The average Bonchev–Trinajstić information content (AvgIpc) is 2.47. The fourth-order valence-corrected chi connectivity index (χ4v) is 3.10. The lowest BCUT2D eigenvalue weighted by Crippen LogP contribution is -2.06. The zero-order valence-electron chi connectivity index (χ0n) is 11.3. The lowest BCUT2D eigenvalue weighted by molar-refractivity contribution is 0.415. The Morgan fingerprint density at radius 3 is 2.33 bits per heavy atom. The van der Waals surface area contributed by atoms with E-state index in [0.717, 1.165) is 17.0 Å². The van der Waals surface area contributed by atoms with Crippen LogP contribution in [-0.4, -0.2) is 12.3 Å². The van der Waals surface area contributed by atoms with Gasteiger partial charge in [0.05, 0.1) is 12.8 Å². The van der Waals surface area contributed by atoms with Crippen molar-refractivity contribution in [2.24, 2.45) is 10.7 Å². The van der Waals surface area contributed by atoms with Gasteiger partial charge < -0.3 is 10.5 Å². The van der Waals surface area contributed by atoms with E-state index in [1.54, 1.807) is 19.2 Å². The molecule has 0 aliphatic rings. The van der Waals surface area contributed by atoms with Crippen LogP contribution in [0.3, 0.4) is 0 Å². The van der Waals surface area contributed by atoms with Crippen molar-refractivity contribution in [1.29, 1.82) is 0 Å². The molecule has 0 spiro atoms. The van der Waals surface area contributed by atoms with E-state index in [9.17, 15) is 0 Å². The number of nitrogens with two attached hydrogens (primary N) is 1. The monoisotopic (exact) mass is 340 g/mol. The predicted octanol–water partition coefficient (Wildman–Crippen LogP) is 4.88. The third-order valence-electron chi connectivity index (χ3n) is 2.74. The van der Waals surface area contributed by atoms with E-state index in [4.69, 9.17) is 33.7 Å². The van der Waals surface area contributed by atoms with Crippen LogP contribution in [0.2, 0.25) is 10.0 Å². The molecule has 2 aromatic rings. The summed E-state index contributed by atoms with van der Waals surface area (Å²) in [6.07, 6.45) is 0. The first-order valence-electron chi connectivity index (χ1n) is 6.14. The first kappa shape index (κ1) is 16.0. The summed E-state index contributed by atoms with van der Waals surface area (Å²) in [4.78, 5) is 4.32. The van der Waals surface area contributed by atoms with Crippen molar-refractivity contribution in [3.63, 3.8) is 0 Å². The molecule has 2 rings (SSSR count). The normalized spacial score (nSPS) is 11.5. The van der Waals surface area contributed by atoms with Crippen LogP contribution in [0.4, 0.5) is 5.69 Å². The molecule has 0 radical (unpaired) electrons. The average molecular weight is 341 g/mol. The first-order valence-corrected chi connectivity index (χ1v) is 7.88. The van der Waals surface area contributed by atoms with Gasteiger partial charge in [0.15, 0.2) is 5.17 Å². The molecule has 2 N–H and O–H groups in total. The summed E-state index contributed by atoms with van der Waals surface area (Å²) in [5, 5.41) is 1.72. The number of hydrogen-bond donors (Lipinski definition) is 1. The minimum Gasteiger partial charge on any atom is -0.497 e. The highest BCUT2D eigenvalue weighted by atomic mass is 35.5. The van der Waals surface area contributed by atoms with Gasteiger partial charge in [-0.3, -0.25) is 0 Å². The fraction of sp³-hybridized carbons (Fsp3) is 0.133. The number of amidine groups is 1. The van der Waals surface area contributed by atoms with Gasteiger partial charge in [0, 0.05) is 15.8 Å². The Morgan fingerprint density at radius 2 is 1.76 bits per heavy atom. The highest BCUT2D eigenvalue weighted by Gasteiger charge is 2.06. The number of benzene rings is 2. The number of nitrogens with zero attached hydrogens (tertiary/aromatic N) is 1. The second kappa shape index (κ2) is 7.59. The maximum atomic E-state index is 6.11. The molecule has 6 heteroatoms. The number of rotatable bonds is 4. The van der Waals surface area contributed by atoms with Gasteiger partial charge >= 0.3 is 0 Å². The number of thioether (sulfide) groups is 1. The van der Waals surface area contributed by atoms with Crippen LogP contribution in [0.5, 0.6) is 5.75 Å². The van der Waals surface area contributed by atoms with Crippen molar-refractivity contribution >= 4 is 45.8 Å². The van der Waals surface area contributed by atoms with Gasteiger partial charge in [0.1, 0.15) is 5.75 Å². The van der Waals surface area contributed by atoms with Gasteiger partial charge in [-0.05, 0) is 42.0 Å². The SMILES string of the molecule is COc1ccc(N=C(N)SCc2c(Cl)cccc2Cl)cc1. The molecule has 110 valence electrons. The lowest BCUT2D eigenvalue weighted by atomic mass is 10.2. The van der Waals surface area contributed by atoms with Crippen molar-refractivity contribution in [2.45, 2.75) is 5.75 Å². The molecule has 0 unspecified atom stereocenters. The summed E-state index contributed by atoms with van der Waals surface area (Å²) in [6, 6.07) is 12.8. The Hall–Kier alpha value is -1.36. The predicted molar refractivity (Wildman–Crippen MR) is 92.0 cm³/mol. The van der Waals surface area contributed by atoms with Gasteiger partial charge in [-0.15, -0.1) is 0 Å². The Labute approximate surface area is 138 Å². The van der Waals surface area contributed by atoms with Crippen molar-refractivity contribution < 1.29 is 4.74 Å². The van der Waals surface area contributed by atoms with Crippen molar-refractivity contribution in [3.05, 3.63) is 58.1 Å². The van der Waals surface area contributed by atoms with Crippen LogP contribution >= 0.6 is 35.0 Å². The van der Waals surface area contributed by atoms with E-state index in [-0.39, 0.29) is 0 Å². The molecule has 0 saturated carbocycles. The Morgan fingerprint density at radius 1 is 1.14 bits per heavy atom. The van der Waals surface area contributed by atoms with Crippen LogP contribution in [-0.2, 0) is 5.75 Å². The summed E-state index contributed by atoms with van der Waals surface area (Å²) in [5.74, 6) is 1.35. The topological polar surface area (TPSA) is 47.6 Å². The highest BCUT2D eigenvalue weighted by molar-refractivity contribution is 8.13. The van der Waals surface area contributed by atoms with Gasteiger partial charge in [0.2, 0.25) is 0 Å². The molecule has 0 amide bonds. The zero-order chi connectivity index (χ0) is 15.2. The van der Waals surface area contributed by atoms with Crippen LogP contribution in [0.25, 0.3) is 0 Å². The standard InChI is InChI=1S/C15H14Cl2N2OS/c1-20-11-7-5-10(6-8-11)19-15(18)21-9-12-13(16)3-2-4-14(12)17/h2-8H,9H2,1H3,(H2,18,19). The van der Waals surface area contributed by atoms with Crippen molar-refractivity contribution in [2.75, 3.05) is 7.11 Å². The van der Waals surface area contributed by atoms with Gasteiger partial charge in [-0.1, -0.05) is 41.0 Å². The largest absolute Gasteiger partial charge is 0.497 e. The van der Waals surface area contributed by atoms with E-state index in [2.05, 4.69) is 4.99 Å². The molecule has 0 heterocycles. The molecule has 0 saturated heterocycles. The van der Waals surface area contributed by atoms with E-state index in [1.807, 2.05) is 30.3 Å². The maximum absolute atomic E-state index is 6.11. The van der Waals surface area contributed by atoms with Crippen molar-refractivity contribution in [3.8, 4) is 5.75 Å². The smallest absolute Gasteiger partial charge is 0.159 e. The quantitative estimate of drug-likeness (QED) is 0.637. The minimum atomic E-state index is 0.455. The number of halogens is 2. The highest BCUT2D eigenvalue weighted by Crippen LogP contribution is 2.28. The van der Waals surface area contributed by atoms with Crippen LogP contribution in [0.15, 0.2) is 47.5 Å². The van der Waals surface area contributed by atoms with E-state index < -0.39 is 0 Å². The summed E-state index contributed by atoms with van der Waals surface area (Å²) in [6.45, 7) is 0. The molecule has 3 nitrogen and oxygen atoms in total. The molecular formula is C15H14Cl2N2OS. The van der Waals surface area contributed by atoms with E-state index in [1.165, 1.54) is 11.8 Å². The van der Waals surface area contributed by atoms with Gasteiger partial charge in [0.25, 0.3) is 0 Å². The third kappa shape index (κ3) is 4.56. The second-order valence-corrected chi connectivity index (χ2v) is 5.95. The summed E-state index contributed by atoms with van der Waals surface area (Å²) in [7, 11) is 1.62. The molecule has 0 aliphatic carbocycles. The minimum absolute atomic E-state index is 0.455. The maximum Gasteiger partial charge on any atom is 0.159 e. The number of aliphatic imine (C=N–C) groups is 1. The van der Waals surface area contributed by atoms with Crippen molar-refractivity contribution in [1.82, 2.24) is 0 Å². The summed E-state index contributed by atoms with van der Waals surface area (Å²) >= 11 is 13.6. The zero-order valence-corrected chi connectivity index (χ0v) is 13.7.